The lowest BCUT2D eigenvalue weighted by molar-refractivity contribution is -0.0412. The Morgan fingerprint density at radius 2 is 2.00 bits per heavy atom. The summed E-state index contributed by atoms with van der Waals surface area (Å²) in [6.45, 7) is 4.32. The van der Waals surface area contributed by atoms with Crippen molar-refractivity contribution in [2.24, 2.45) is 0 Å². The van der Waals surface area contributed by atoms with E-state index in [1.54, 1.807) is 6.07 Å². The number of para-hydroxylation sites is 1. The highest BCUT2D eigenvalue weighted by Gasteiger charge is 2.29. The fourth-order valence-electron chi connectivity index (χ4n) is 2.65. The lowest BCUT2D eigenvalue weighted by Gasteiger charge is -2.31. The van der Waals surface area contributed by atoms with Gasteiger partial charge in [0.15, 0.2) is 5.11 Å². The summed E-state index contributed by atoms with van der Waals surface area (Å²) < 4.78 is 5.74. The third-order valence-corrected chi connectivity index (χ3v) is 4.10. The van der Waals surface area contributed by atoms with E-state index in [0.717, 1.165) is 16.9 Å². The first-order valence-corrected chi connectivity index (χ1v) is 8.28. The fraction of sp³-hybridized carbons (Fsp3) is 0.278. The minimum Gasteiger partial charge on any atom is -0.478 e. The van der Waals surface area contributed by atoms with Crippen molar-refractivity contribution in [3.63, 3.8) is 0 Å². The van der Waals surface area contributed by atoms with Crippen molar-refractivity contribution in [3.8, 4) is 0 Å². The van der Waals surface area contributed by atoms with Crippen molar-refractivity contribution >= 4 is 34.8 Å². The molecule has 0 unspecified atom stereocenters. The molecule has 0 aliphatic carbocycles. The van der Waals surface area contributed by atoms with Crippen LogP contribution in [0.2, 0.25) is 0 Å². The molecule has 3 rings (SSSR count). The first-order valence-electron chi connectivity index (χ1n) is 7.87. The molecule has 0 amide bonds. The number of nitrogens with one attached hydrogen (secondary N) is 2. The Morgan fingerprint density at radius 1 is 1.28 bits per heavy atom. The number of fused-ring (bicyclic) bond motifs is 1. The quantitative estimate of drug-likeness (QED) is 0.726. The largest absolute Gasteiger partial charge is 0.478 e. The molecular formula is C18H19N3O3S. The number of rotatable bonds is 3. The number of carboxylic acid groups (broad SMARTS) is 1. The molecule has 0 spiro atoms. The standard InChI is InChI=1S/C18H19N3O3S/c1-18(2)9-14-11(10-24-18)8-13(16(22)23)15(20-14)21-17(25)19-12-6-4-3-5-7-12/h3-8H,9-10H2,1-2H3,(H,22,23)(H2,19,20,21,25). The van der Waals surface area contributed by atoms with E-state index in [9.17, 15) is 9.90 Å². The van der Waals surface area contributed by atoms with E-state index in [1.165, 1.54) is 0 Å². The molecule has 3 N–H and O–H groups in total. The number of benzene rings is 1. The molecule has 0 bridgehead atoms. The first-order chi connectivity index (χ1) is 11.8. The number of ether oxygens (including phenoxy) is 1. The number of carboxylic acids is 1. The molecular weight excluding hydrogens is 338 g/mol. The molecule has 7 heteroatoms. The van der Waals surface area contributed by atoms with Crippen LogP contribution in [-0.4, -0.2) is 26.8 Å². The van der Waals surface area contributed by atoms with Gasteiger partial charge in [-0.15, -0.1) is 0 Å². The number of hydrogen-bond acceptors (Lipinski definition) is 4. The number of anilines is 2. The molecule has 1 aliphatic heterocycles. The van der Waals surface area contributed by atoms with Crippen LogP contribution in [0.25, 0.3) is 0 Å². The first kappa shape index (κ1) is 17.3. The fourth-order valence-corrected chi connectivity index (χ4v) is 2.86. The summed E-state index contributed by atoms with van der Waals surface area (Å²) in [5.41, 5.74) is 2.17. The highest BCUT2D eigenvalue weighted by molar-refractivity contribution is 7.80. The van der Waals surface area contributed by atoms with Gasteiger partial charge < -0.3 is 20.5 Å². The Labute approximate surface area is 151 Å². The van der Waals surface area contributed by atoms with Gasteiger partial charge >= 0.3 is 5.97 Å². The summed E-state index contributed by atoms with van der Waals surface area (Å²) in [5, 5.41) is 15.7. The molecule has 1 aliphatic rings. The van der Waals surface area contributed by atoms with Crippen LogP contribution in [-0.2, 0) is 17.8 Å². The zero-order valence-electron chi connectivity index (χ0n) is 14.0. The van der Waals surface area contributed by atoms with Gasteiger partial charge in [0.2, 0.25) is 0 Å². The number of carbonyl (C=O) groups is 1. The summed E-state index contributed by atoms with van der Waals surface area (Å²) in [4.78, 5) is 16.1. The van der Waals surface area contributed by atoms with E-state index >= 15 is 0 Å². The van der Waals surface area contributed by atoms with Gasteiger partial charge in [-0.2, -0.15) is 0 Å². The molecule has 0 saturated heterocycles. The van der Waals surface area contributed by atoms with E-state index in [2.05, 4.69) is 15.6 Å². The Morgan fingerprint density at radius 3 is 2.68 bits per heavy atom. The maximum Gasteiger partial charge on any atom is 0.339 e. The highest BCUT2D eigenvalue weighted by Crippen LogP contribution is 2.29. The van der Waals surface area contributed by atoms with Crippen LogP contribution < -0.4 is 10.6 Å². The summed E-state index contributed by atoms with van der Waals surface area (Å²) >= 11 is 5.28. The topological polar surface area (TPSA) is 83.5 Å². The highest BCUT2D eigenvalue weighted by atomic mass is 32.1. The zero-order chi connectivity index (χ0) is 18.0. The van der Waals surface area contributed by atoms with Crippen molar-refractivity contribution in [2.75, 3.05) is 10.6 Å². The minimum atomic E-state index is -1.06. The lowest BCUT2D eigenvalue weighted by Crippen LogP contribution is -2.33. The molecule has 0 saturated carbocycles. The summed E-state index contributed by atoms with van der Waals surface area (Å²) in [5.74, 6) is -0.831. The second-order valence-corrected chi connectivity index (χ2v) is 6.87. The van der Waals surface area contributed by atoms with Crippen LogP contribution in [0.1, 0.15) is 35.5 Å². The number of hydrogen-bond donors (Lipinski definition) is 3. The van der Waals surface area contributed by atoms with E-state index in [-0.39, 0.29) is 22.1 Å². The predicted octanol–water partition coefficient (Wildman–Crippen LogP) is 3.44. The monoisotopic (exact) mass is 357 g/mol. The summed E-state index contributed by atoms with van der Waals surface area (Å²) in [6, 6.07) is 11.0. The average Bonchev–Trinajstić information content (AvgIpc) is 2.54. The smallest absolute Gasteiger partial charge is 0.339 e. The third-order valence-electron chi connectivity index (χ3n) is 3.90. The summed E-state index contributed by atoms with van der Waals surface area (Å²) in [6.07, 6.45) is 0.607. The van der Waals surface area contributed by atoms with Gasteiger partial charge in [0.1, 0.15) is 11.4 Å². The molecule has 2 heterocycles. The molecule has 1 aromatic carbocycles. The van der Waals surface area contributed by atoms with E-state index < -0.39 is 5.97 Å². The van der Waals surface area contributed by atoms with Crippen molar-refractivity contribution < 1.29 is 14.6 Å². The van der Waals surface area contributed by atoms with Gasteiger partial charge in [0, 0.05) is 17.7 Å². The summed E-state index contributed by atoms with van der Waals surface area (Å²) in [7, 11) is 0. The van der Waals surface area contributed by atoms with Gasteiger partial charge in [-0.3, -0.25) is 0 Å². The van der Waals surface area contributed by atoms with Crippen LogP contribution in [0.5, 0.6) is 0 Å². The maximum absolute atomic E-state index is 11.6. The van der Waals surface area contributed by atoms with Gasteiger partial charge in [0.25, 0.3) is 0 Å². The maximum atomic E-state index is 11.6. The van der Waals surface area contributed by atoms with Crippen LogP contribution >= 0.6 is 12.2 Å². The minimum absolute atomic E-state index is 0.0688. The molecule has 25 heavy (non-hydrogen) atoms. The van der Waals surface area contributed by atoms with Crippen LogP contribution in [0, 0.1) is 0 Å². The van der Waals surface area contributed by atoms with E-state index in [1.807, 2.05) is 44.2 Å². The molecule has 130 valence electrons. The SMILES string of the molecule is CC1(C)Cc2nc(NC(=S)Nc3ccccc3)c(C(=O)O)cc2CO1. The number of thiocarbonyl (C=S) groups is 1. The second-order valence-electron chi connectivity index (χ2n) is 6.47. The van der Waals surface area contributed by atoms with Gasteiger partial charge in [0.05, 0.1) is 17.9 Å². The zero-order valence-corrected chi connectivity index (χ0v) is 14.8. The van der Waals surface area contributed by atoms with Gasteiger partial charge in [-0.25, -0.2) is 9.78 Å². The Balaban J connectivity index is 1.86. The Kier molecular flexibility index (Phi) is 4.69. The average molecular weight is 357 g/mol. The number of aromatic carboxylic acids is 1. The van der Waals surface area contributed by atoms with Crippen LogP contribution in [0.3, 0.4) is 0 Å². The second kappa shape index (κ2) is 6.78. The van der Waals surface area contributed by atoms with E-state index in [4.69, 9.17) is 17.0 Å². The molecule has 0 radical (unpaired) electrons. The Hall–Kier alpha value is -2.51. The third kappa shape index (κ3) is 4.12. The van der Waals surface area contributed by atoms with Gasteiger partial charge in [-0.05, 0) is 44.3 Å². The molecule has 0 atom stereocenters. The molecule has 6 nitrogen and oxygen atoms in total. The van der Waals surface area contributed by atoms with Crippen LogP contribution in [0.15, 0.2) is 36.4 Å². The number of nitrogens with zero attached hydrogens (tertiary/aromatic N) is 1. The van der Waals surface area contributed by atoms with E-state index in [0.29, 0.717) is 13.0 Å². The number of pyridine rings is 1. The molecule has 1 aromatic heterocycles. The van der Waals surface area contributed by atoms with Crippen molar-refractivity contribution in [3.05, 3.63) is 53.2 Å². The number of aromatic nitrogens is 1. The Bertz CT molecular complexity index is 822. The van der Waals surface area contributed by atoms with Crippen LogP contribution in [0.4, 0.5) is 11.5 Å². The molecule has 2 aromatic rings. The van der Waals surface area contributed by atoms with Crippen molar-refractivity contribution in [2.45, 2.75) is 32.5 Å². The van der Waals surface area contributed by atoms with Crippen molar-refractivity contribution in [1.29, 1.82) is 0 Å². The normalized spacial score (nSPS) is 15.1. The van der Waals surface area contributed by atoms with Crippen molar-refractivity contribution in [1.82, 2.24) is 4.98 Å². The molecule has 0 fully saturated rings. The predicted molar refractivity (Wildman–Crippen MR) is 100 cm³/mol. The van der Waals surface area contributed by atoms with Gasteiger partial charge in [-0.1, -0.05) is 18.2 Å². The lowest BCUT2D eigenvalue weighted by atomic mass is 9.95.